The SMILES string of the molecule is Nc1nc(N)nc(-c2ccc(N(c3ccc(-c4nc(N)nc(N)n4)cc3)c3ccc(-c4nc(N)nc(N)n4)cc3)cc2)n1. The van der Waals surface area contributed by atoms with Gasteiger partial charge in [0.1, 0.15) is 0 Å². The van der Waals surface area contributed by atoms with E-state index in [2.05, 4.69) is 44.9 Å². The fourth-order valence-corrected chi connectivity index (χ4v) is 4.34. The number of nitrogens with two attached hydrogens (primary N) is 6. The lowest BCUT2D eigenvalue weighted by atomic mass is 10.1. The van der Waals surface area contributed by atoms with Gasteiger partial charge in [-0.25, -0.2) is 0 Å². The lowest BCUT2D eigenvalue weighted by Gasteiger charge is -2.26. The maximum absolute atomic E-state index is 5.77. The summed E-state index contributed by atoms with van der Waals surface area (Å²) in [6, 6.07) is 22.8. The topological polar surface area (TPSA) is 275 Å². The van der Waals surface area contributed by atoms with Crippen LogP contribution in [0.4, 0.5) is 52.8 Å². The van der Waals surface area contributed by atoms with Crippen molar-refractivity contribution >= 4 is 52.8 Å². The van der Waals surface area contributed by atoms with Crippen LogP contribution in [-0.4, -0.2) is 44.9 Å². The second kappa shape index (κ2) is 10.7. The van der Waals surface area contributed by atoms with Gasteiger partial charge in [-0.05, 0) is 72.8 Å². The van der Waals surface area contributed by atoms with E-state index in [1.807, 2.05) is 77.7 Å². The van der Waals surface area contributed by atoms with E-state index in [-0.39, 0.29) is 35.7 Å². The van der Waals surface area contributed by atoms with Crippen LogP contribution >= 0.6 is 0 Å². The number of nitrogen functional groups attached to an aromatic ring is 6. The molecule has 0 atom stereocenters. The molecule has 0 unspecified atom stereocenters. The van der Waals surface area contributed by atoms with Crippen LogP contribution in [0.15, 0.2) is 72.8 Å². The second-order valence-corrected chi connectivity index (χ2v) is 9.10. The Labute approximate surface area is 243 Å². The van der Waals surface area contributed by atoms with Crippen molar-refractivity contribution in [2.75, 3.05) is 39.3 Å². The van der Waals surface area contributed by atoms with Gasteiger partial charge in [0.15, 0.2) is 17.5 Å². The molecule has 3 heterocycles. The van der Waals surface area contributed by atoms with Gasteiger partial charge in [-0.3, -0.25) is 0 Å². The summed E-state index contributed by atoms with van der Waals surface area (Å²) in [4.78, 5) is 38.7. The summed E-state index contributed by atoms with van der Waals surface area (Å²) in [6.07, 6.45) is 0. The predicted molar refractivity (Wildman–Crippen MR) is 164 cm³/mol. The van der Waals surface area contributed by atoms with Crippen LogP contribution < -0.4 is 39.3 Å². The van der Waals surface area contributed by atoms with Crippen molar-refractivity contribution in [2.24, 2.45) is 0 Å². The molecule has 0 spiro atoms. The van der Waals surface area contributed by atoms with Crippen LogP contribution in [0, 0.1) is 0 Å². The van der Waals surface area contributed by atoms with Crippen LogP contribution in [0.3, 0.4) is 0 Å². The minimum absolute atomic E-state index is 0.0387. The predicted octanol–water partition coefficient (Wildman–Crippen LogP) is 2.21. The molecule has 0 radical (unpaired) electrons. The van der Waals surface area contributed by atoms with E-state index in [1.54, 1.807) is 0 Å². The standard InChI is InChI=1S/C27H24N16/c28-22-34-19(35-23(29)40-22)13-1-7-16(8-2-13)43(17-9-3-14(4-10-17)20-36-24(30)41-25(31)37-20)18-11-5-15(6-12-18)21-38-26(32)42-27(33)39-21/h1-12H,(H4,28,29,34,35,40)(H4,30,31,36,37,41)(H4,32,33,38,39,42). The van der Waals surface area contributed by atoms with E-state index in [0.717, 1.165) is 17.1 Å². The highest BCUT2D eigenvalue weighted by molar-refractivity contribution is 5.80. The average molecular weight is 573 g/mol. The molecule has 16 heteroatoms. The second-order valence-electron chi connectivity index (χ2n) is 9.10. The van der Waals surface area contributed by atoms with Gasteiger partial charge in [0.2, 0.25) is 35.7 Å². The Morgan fingerprint density at radius 3 is 0.721 bits per heavy atom. The van der Waals surface area contributed by atoms with Crippen molar-refractivity contribution in [1.82, 2.24) is 44.9 Å². The number of benzene rings is 3. The normalized spacial score (nSPS) is 10.9. The third kappa shape index (κ3) is 5.64. The zero-order valence-corrected chi connectivity index (χ0v) is 22.4. The largest absolute Gasteiger partial charge is 0.368 e. The highest BCUT2D eigenvalue weighted by Gasteiger charge is 2.16. The summed E-state index contributed by atoms with van der Waals surface area (Å²) in [5, 5.41) is 0. The van der Waals surface area contributed by atoms with Crippen LogP contribution in [0.1, 0.15) is 0 Å². The minimum Gasteiger partial charge on any atom is -0.368 e. The molecule has 6 aromatic rings. The molecule has 0 aliphatic heterocycles. The molecule has 0 aliphatic rings. The van der Waals surface area contributed by atoms with Gasteiger partial charge in [0, 0.05) is 33.8 Å². The summed E-state index contributed by atoms with van der Waals surface area (Å²) in [6.45, 7) is 0. The molecule has 0 saturated heterocycles. The van der Waals surface area contributed by atoms with Crippen molar-refractivity contribution in [3.63, 3.8) is 0 Å². The molecule has 3 aromatic heterocycles. The summed E-state index contributed by atoms with van der Waals surface area (Å²) < 4.78 is 0. The molecule has 6 rings (SSSR count). The van der Waals surface area contributed by atoms with E-state index >= 15 is 0 Å². The van der Waals surface area contributed by atoms with Gasteiger partial charge in [0.25, 0.3) is 0 Å². The van der Waals surface area contributed by atoms with E-state index in [4.69, 9.17) is 34.4 Å². The van der Waals surface area contributed by atoms with Gasteiger partial charge >= 0.3 is 0 Å². The zero-order valence-electron chi connectivity index (χ0n) is 22.4. The Balaban J connectivity index is 1.40. The molecular weight excluding hydrogens is 548 g/mol. The Morgan fingerprint density at radius 2 is 0.512 bits per heavy atom. The molecule has 3 aromatic carbocycles. The van der Waals surface area contributed by atoms with Crippen molar-refractivity contribution in [3.8, 4) is 34.2 Å². The third-order valence-electron chi connectivity index (χ3n) is 6.16. The maximum Gasteiger partial charge on any atom is 0.225 e. The van der Waals surface area contributed by atoms with Gasteiger partial charge < -0.3 is 39.3 Å². The number of rotatable bonds is 6. The first-order valence-electron chi connectivity index (χ1n) is 12.6. The highest BCUT2D eigenvalue weighted by atomic mass is 15.2. The lowest BCUT2D eigenvalue weighted by Crippen LogP contribution is -2.10. The van der Waals surface area contributed by atoms with Gasteiger partial charge in [-0.15, -0.1) is 0 Å². The lowest BCUT2D eigenvalue weighted by molar-refractivity contribution is 1.09. The summed E-state index contributed by atoms with van der Waals surface area (Å²) in [5.74, 6) is 1.33. The van der Waals surface area contributed by atoms with E-state index in [0.29, 0.717) is 34.2 Å². The van der Waals surface area contributed by atoms with Crippen molar-refractivity contribution in [3.05, 3.63) is 72.8 Å². The summed E-state index contributed by atoms with van der Waals surface area (Å²) >= 11 is 0. The monoisotopic (exact) mass is 572 g/mol. The van der Waals surface area contributed by atoms with Crippen LogP contribution in [0.25, 0.3) is 34.2 Å². The van der Waals surface area contributed by atoms with Gasteiger partial charge in [-0.2, -0.15) is 44.9 Å². The zero-order chi connectivity index (χ0) is 30.1. The molecular formula is C27H24N16. The van der Waals surface area contributed by atoms with Gasteiger partial charge in [0.05, 0.1) is 0 Å². The Kier molecular flexibility index (Phi) is 6.59. The Morgan fingerprint density at radius 1 is 0.302 bits per heavy atom. The molecule has 0 aliphatic carbocycles. The first kappa shape index (κ1) is 26.5. The number of hydrogen-bond donors (Lipinski definition) is 6. The minimum atomic E-state index is 0.0387. The molecule has 0 fully saturated rings. The number of anilines is 9. The number of aromatic nitrogens is 9. The number of hydrogen-bond acceptors (Lipinski definition) is 16. The molecule has 16 nitrogen and oxygen atoms in total. The number of nitrogens with zero attached hydrogens (tertiary/aromatic N) is 10. The molecule has 0 amide bonds. The molecule has 43 heavy (non-hydrogen) atoms. The molecule has 0 saturated carbocycles. The van der Waals surface area contributed by atoms with Gasteiger partial charge in [-0.1, -0.05) is 0 Å². The maximum atomic E-state index is 5.77. The first-order valence-corrected chi connectivity index (χ1v) is 12.6. The van der Waals surface area contributed by atoms with E-state index < -0.39 is 0 Å². The highest BCUT2D eigenvalue weighted by Crippen LogP contribution is 2.37. The Bertz CT molecular complexity index is 1640. The fraction of sp³-hybridized carbons (Fsp3) is 0. The quantitative estimate of drug-likeness (QED) is 0.167. The Hall–Kier alpha value is -6.71. The van der Waals surface area contributed by atoms with Crippen LogP contribution in [-0.2, 0) is 0 Å². The average Bonchev–Trinajstić information content (AvgIpc) is 2.97. The van der Waals surface area contributed by atoms with Crippen molar-refractivity contribution in [2.45, 2.75) is 0 Å². The third-order valence-corrected chi connectivity index (χ3v) is 6.16. The van der Waals surface area contributed by atoms with Crippen LogP contribution in [0.2, 0.25) is 0 Å². The first-order chi connectivity index (χ1) is 20.7. The molecule has 212 valence electrons. The fourth-order valence-electron chi connectivity index (χ4n) is 4.34. The van der Waals surface area contributed by atoms with E-state index in [1.165, 1.54) is 0 Å². The summed E-state index contributed by atoms with van der Waals surface area (Å²) in [5.41, 5.74) is 39.2. The van der Waals surface area contributed by atoms with Crippen LogP contribution in [0.5, 0.6) is 0 Å². The molecule has 12 N–H and O–H groups in total. The van der Waals surface area contributed by atoms with E-state index in [9.17, 15) is 0 Å². The molecule has 0 bridgehead atoms. The smallest absolute Gasteiger partial charge is 0.225 e. The van der Waals surface area contributed by atoms with Crippen molar-refractivity contribution < 1.29 is 0 Å². The summed E-state index contributed by atoms with van der Waals surface area (Å²) in [7, 11) is 0. The van der Waals surface area contributed by atoms with Crippen molar-refractivity contribution in [1.29, 1.82) is 0 Å².